The van der Waals surface area contributed by atoms with Crippen molar-refractivity contribution in [3.63, 3.8) is 0 Å². The third-order valence-electron chi connectivity index (χ3n) is 5.98. The Hall–Kier alpha value is -3.64. The Bertz CT molecular complexity index is 1200. The second-order valence-corrected chi connectivity index (χ2v) is 8.32. The van der Waals surface area contributed by atoms with Gasteiger partial charge in [0, 0.05) is 17.1 Å². The van der Waals surface area contributed by atoms with Gasteiger partial charge in [0.05, 0.1) is 27.4 Å². The van der Waals surface area contributed by atoms with Gasteiger partial charge in [0.1, 0.15) is 5.75 Å². The van der Waals surface area contributed by atoms with Crippen LogP contribution in [0.4, 0.5) is 0 Å². The standard InChI is InChI=1S/C27H26ClNO5/c1-32-21-11-7-18(8-12-21)24-25(19-5-9-20(28)10-6-19)29(27(31)26(24)30)15-14-17-4-13-22(33-2)23(16-17)34-3/h4-13,16,25,30H,14-15H2,1-3H3/t25-/m0/s1. The predicted octanol–water partition coefficient (Wildman–Crippen LogP) is 5.46. The van der Waals surface area contributed by atoms with Crippen LogP contribution < -0.4 is 14.2 Å². The molecule has 0 aliphatic carbocycles. The number of rotatable bonds is 8. The minimum atomic E-state index is -0.460. The molecule has 1 aliphatic rings. The number of carbonyl (C=O) groups is 1. The maximum atomic E-state index is 13.2. The van der Waals surface area contributed by atoms with E-state index in [2.05, 4.69) is 0 Å². The highest BCUT2D eigenvalue weighted by molar-refractivity contribution is 6.30. The molecule has 176 valence electrons. The van der Waals surface area contributed by atoms with Crippen LogP contribution in [0.2, 0.25) is 5.02 Å². The number of halogens is 1. The van der Waals surface area contributed by atoms with E-state index in [4.69, 9.17) is 25.8 Å². The first-order valence-corrected chi connectivity index (χ1v) is 11.2. The summed E-state index contributed by atoms with van der Waals surface area (Å²) in [6.45, 7) is 0.394. The van der Waals surface area contributed by atoms with Gasteiger partial charge in [-0.1, -0.05) is 41.9 Å². The molecule has 0 saturated carbocycles. The minimum absolute atomic E-state index is 0.252. The van der Waals surface area contributed by atoms with Crippen molar-refractivity contribution in [3.05, 3.63) is 94.2 Å². The molecule has 4 rings (SSSR count). The van der Waals surface area contributed by atoms with E-state index in [0.29, 0.717) is 40.8 Å². The largest absolute Gasteiger partial charge is 0.503 e. The molecule has 1 amide bonds. The first-order valence-electron chi connectivity index (χ1n) is 10.8. The minimum Gasteiger partial charge on any atom is -0.503 e. The number of methoxy groups -OCH3 is 3. The van der Waals surface area contributed by atoms with Crippen molar-refractivity contribution in [2.75, 3.05) is 27.9 Å². The van der Waals surface area contributed by atoms with Crippen LogP contribution in [-0.2, 0) is 11.2 Å². The van der Waals surface area contributed by atoms with E-state index in [0.717, 1.165) is 16.7 Å². The zero-order valence-corrected chi connectivity index (χ0v) is 20.0. The molecule has 0 fully saturated rings. The van der Waals surface area contributed by atoms with Crippen LogP contribution >= 0.6 is 11.6 Å². The molecular weight excluding hydrogens is 454 g/mol. The molecule has 34 heavy (non-hydrogen) atoms. The van der Waals surface area contributed by atoms with E-state index in [-0.39, 0.29) is 5.76 Å². The monoisotopic (exact) mass is 479 g/mol. The van der Waals surface area contributed by atoms with Crippen LogP contribution in [0.1, 0.15) is 22.7 Å². The first-order chi connectivity index (χ1) is 16.5. The second-order valence-electron chi connectivity index (χ2n) is 7.88. The van der Waals surface area contributed by atoms with Crippen molar-refractivity contribution in [2.45, 2.75) is 12.5 Å². The van der Waals surface area contributed by atoms with Gasteiger partial charge in [-0.2, -0.15) is 0 Å². The zero-order chi connectivity index (χ0) is 24.2. The first kappa shape index (κ1) is 23.5. The Kier molecular flexibility index (Phi) is 6.98. The SMILES string of the molecule is COc1ccc(C2=C(O)C(=O)N(CCc3ccc(OC)c(OC)c3)[C@H]2c2ccc(Cl)cc2)cc1. The number of carbonyl (C=O) groups excluding carboxylic acids is 1. The molecule has 3 aromatic rings. The number of aliphatic hydroxyl groups excluding tert-OH is 1. The van der Waals surface area contributed by atoms with Crippen LogP contribution in [0.3, 0.4) is 0 Å². The van der Waals surface area contributed by atoms with Crippen LogP contribution in [0.15, 0.2) is 72.5 Å². The van der Waals surface area contributed by atoms with Crippen molar-refractivity contribution in [1.29, 1.82) is 0 Å². The number of hydrogen-bond acceptors (Lipinski definition) is 5. The zero-order valence-electron chi connectivity index (χ0n) is 19.2. The highest BCUT2D eigenvalue weighted by Gasteiger charge is 2.40. The van der Waals surface area contributed by atoms with Crippen molar-refractivity contribution in [3.8, 4) is 17.2 Å². The van der Waals surface area contributed by atoms with E-state index in [1.54, 1.807) is 38.4 Å². The molecule has 1 aliphatic heterocycles. The topological polar surface area (TPSA) is 68.2 Å². The van der Waals surface area contributed by atoms with Crippen molar-refractivity contribution < 1.29 is 24.1 Å². The average molecular weight is 480 g/mol. The van der Waals surface area contributed by atoms with Crippen molar-refractivity contribution in [2.24, 2.45) is 0 Å². The summed E-state index contributed by atoms with van der Waals surface area (Å²) in [5, 5.41) is 11.5. The molecule has 1 heterocycles. The van der Waals surface area contributed by atoms with Crippen molar-refractivity contribution in [1.82, 2.24) is 4.90 Å². The number of aliphatic hydroxyl groups is 1. The molecule has 0 aromatic heterocycles. The molecular formula is C27H26ClNO5. The van der Waals surface area contributed by atoms with E-state index in [9.17, 15) is 9.90 Å². The second kappa shape index (κ2) is 10.1. The Labute approximate surface area is 203 Å². The summed E-state index contributed by atoms with van der Waals surface area (Å²) >= 11 is 6.12. The lowest BCUT2D eigenvalue weighted by molar-refractivity contribution is -0.129. The quantitative estimate of drug-likeness (QED) is 0.464. The van der Waals surface area contributed by atoms with Crippen LogP contribution in [0.25, 0.3) is 5.57 Å². The molecule has 0 unspecified atom stereocenters. The molecule has 0 spiro atoms. The van der Waals surface area contributed by atoms with Crippen LogP contribution in [0, 0.1) is 0 Å². The van der Waals surface area contributed by atoms with Gasteiger partial charge in [0.2, 0.25) is 0 Å². The molecule has 0 saturated heterocycles. The lowest BCUT2D eigenvalue weighted by Gasteiger charge is -2.27. The lowest BCUT2D eigenvalue weighted by Crippen LogP contribution is -2.32. The third kappa shape index (κ3) is 4.54. The average Bonchev–Trinajstić information content (AvgIpc) is 3.12. The van der Waals surface area contributed by atoms with Gasteiger partial charge in [-0.05, 0) is 59.5 Å². The predicted molar refractivity (Wildman–Crippen MR) is 132 cm³/mol. The van der Waals surface area contributed by atoms with Crippen molar-refractivity contribution >= 4 is 23.1 Å². The van der Waals surface area contributed by atoms with Gasteiger partial charge < -0.3 is 24.2 Å². The van der Waals surface area contributed by atoms with Gasteiger partial charge in [0.25, 0.3) is 5.91 Å². The fraction of sp³-hybridized carbons (Fsp3) is 0.222. The summed E-state index contributed by atoms with van der Waals surface area (Å²) in [5.41, 5.74) is 3.15. The molecule has 7 heteroatoms. The maximum Gasteiger partial charge on any atom is 0.289 e. The summed E-state index contributed by atoms with van der Waals surface area (Å²) in [5.74, 6) is 1.30. The number of hydrogen-bond donors (Lipinski definition) is 1. The number of benzene rings is 3. The summed E-state index contributed by atoms with van der Waals surface area (Å²) in [6, 6.07) is 19.9. The van der Waals surface area contributed by atoms with Gasteiger partial charge >= 0.3 is 0 Å². The number of ether oxygens (including phenoxy) is 3. The van der Waals surface area contributed by atoms with Gasteiger partial charge in [-0.3, -0.25) is 4.79 Å². The van der Waals surface area contributed by atoms with Gasteiger partial charge in [-0.15, -0.1) is 0 Å². The van der Waals surface area contributed by atoms with Crippen LogP contribution in [-0.4, -0.2) is 43.8 Å². The number of amides is 1. The normalized spacial score (nSPS) is 15.6. The van der Waals surface area contributed by atoms with Gasteiger partial charge in [-0.25, -0.2) is 0 Å². The van der Waals surface area contributed by atoms with Crippen LogP contribution in [0.5, 0.6) is 17.2 Å². The Morgan fingerprint density at radius 1 is 0.882 bits per heavy atom. The highest BCUT2D eigenvalue weighted by atomic mass is 35.5. The smallest absolute Gasteiger partial charge is 0.289 e. The fourth-order valence-corrected chi connectivity index (χ4v) is 4.35. The molecule has 3 aromatic carbocycles. The van der Waals surface area contributed by atoms with E-state index < -0.39 is 11.9 Å². The van der Waals surface area contributed by atoms with E-state index >= 15 is 0 Å². The molecule has 0 bridgehead atoms. The summed E-state index contributed by atoms with van der Waals surface area (Å²) < 4.78 is 16.0. The summed E-state index contributed by atoms with van der Waals surface area (Å²) in [6.07, 6.45) is 0.569. The summed E-state index contributed by atoms with van der Waals surface area (Å²) in [7, 11) is 4.77. The Morgan fingerprint density at radius 2 is 1.56 bits per heavy atom. The van der Waals surface area contributed by atoms with Gasteiger partial charge in [0.15, 0.2) is 17.3 Å². The maximum absolute atomic E-state index is 13.2. The highest BCUT2D eigenvalue weighted by Crippen LogP contribution is 2.43. The van der Waals surface area contributed by atoms with E-state index in [1.165, 1.54) is 0 Å². The lowest BCUT2D eigenvalue weighted by atomic mass is 9.93. The molecule has 6 nitrogen and oxygen atoms in total. The Morgan fingerprint density at radius 3 is 2.18 bits per heavy atom. The summed E-state index contributed by atoms with van der Waals surface area (Å²) in [4.78, 5) is 14.9. The molecule has 1 N–H and O–H groups in total. The Balaban J connectivity index is 1.68. The van der Waals surface area contributed by atoms with E-state index in [1.807, 2.05) is 54.6 Å². The molecule has 1 atom stereocenters. The third-order valence-corrected chi connectivity index (χ3v) is 6.23. The fourth-order valence-electron chi connectivity index (χ4n) is 4.23. The number of nitrogens with zero attached hydrogens (tertiary/aromatic N) is 1. The molecule has 0 radical (unpaired) electrons.